The lowest BCUT2D eigenvalue weighted by atomic mass is 10.2. The van der Waals surface area contributed by atoms with Crippen LogP contribution in [-0.4, -0.2) is 59.6 Å². The maximum absolute atomic E-state index is 12.1. The molecule has 2 rings (SSSR count). The lowest BCUT2D eigenvalue weighted by Crippen LogP contribution is -2.50. The van der Waals surface area contributed by atoms with Crippen molar-refractivity contribution in [2.24, 2.45) is 0 Å². The van der Waals surface area contributed by atoms with E-state index in [0.29, 0.717) is 38.5 Å². The molecule has 0 unspecified atom stereocenters. The highest BCUT2D eigenvalue weighted by atomic mass is 16.6. The van der Waals surface area contributed by atoms with Crippen molar-refractivity contribution in [1.29, 1.82) is 0 Å². The van der Waals surface area contributed by atoms with Crippen LogP contribution in [0, 0.1) is 0 Å². The molecule has 0 bridgehead atoms. The van der Waals surface area contributed by atoms with E-state index in [1.165, 1.54) is 0 Å². The Balaban J connectivity index is 1.90. The van der Waals surface area contributed by atoms with E-state index >= 15 is 0 Å². The largest absolute Gasteiger partial charge is 0.450 e. The molecular weight excluding hydrogens is 246 g/mol. The Hall–Kier alpha value is -2.11. The first-order valence-electron chi connectivity index (χ1n) is 6.34. The summed E-state index contributed by atoms with van der Waals surface area (Å²) < 4.78 is 4.93. The molecule has 1 aliphatic rings. The van der Waals surface area contributed by atoms with E-state index in [-0.39, 0.29) is 12.0 Å². The summed E-state index contributed by atoms with van der Waals surface area (Å²) >= 11 is 0. The number of rotatable bonds is 2. The van der Waals surface area contributed by atoms with Crippen LogP contribution in [0.1, 0.15) is 17.4 Å². The van der Waals surface area contributed by atoms with Gasteiger partial charge in [-0.25, -0.2) is 4.79 Å². The average Bonchev–Trinajstić information content (AvgIpc) is 2.48. The van der Waals surface area contributed by atoms with Gasteiger partial charge in [0.2, 0.25) is 0 Å². The van der Waals surface area contributed by atoms with Gasteiger partial charge in [-0.1, -0.05) is 6.07 Å². The molecule has 6 heteroatoms. The third-order valence-corrected chi connectivity index (χ3v) is 2.98. The Morgan fingerprint density at radius 1 is 1.21 bits per heavy atom. The molecule has 0 aliphatic carbocycles. The number of pyridine rings is 1. The Labute approximate surface area is 112 Å². The molecule has 0 radical (unpaired) electrons. The van der Waals surface area contributed by atoms with Crippen molar-refractivity contribution in [3.8, 4) is 0 Å². The Morgan fingerprint density at radius 3 is 2.47 bits per heavy atom. The van der Waals surface area contributed by atoms with Gasteiger partial charge < -0.3 is 14.5 Å². The highest BCUT2D eigenvalue weighted by Gasteiger charge is 2.25. The Bertz CT molecular complexity index is 442. The minimum Gasteiger partial charge on any atom is -0.450 e. The molecule has 0 spiro atoms. The number of carbonyl (C=O) groups is 2. The molecule has 2 amide bonds. The molecule has 1 aromatic heterocycles. The molecule has 19 heavy (non-hydrogen) atoms. The molecule has 2 heterocycles. The summed E-state index contributed by atoms with van der Waals surface area (Å²) in [6, 6.07) is 5.25. The predicted octanol–water partition coefficient (Wildman–Crippen LogP) is 0.996. The number of aromatic nitrogens is 1. The summed E-state index contributed by atoms with van der Waals surface area (Å²) in [5.41, 5.74) is 0.437. The van der Waals surface area contributed by atoms with Crippen LogP contribution in [0.5, 0.6) is 0 Å². The molecule has 0 aromatic carbocycles. The second-order valence-electron chi connectivity index (χ2n) is 4.19. The zero-order chi connectivity index (χ0) is 13.7. The van der Waals surface area contributed by atoms with Gasteiger partial charge in [-0.3, -0.25) is 9.78 Å². The smallest absolute Gasteiger partial charge is 0.409 e. The lowest BCUT2D eigenvalue weighted by molar-refractivity contribution is 0.0566. The SMILES string of the molecule is CCOC(=O)N1CCN(C(=O)c2ccccn2)CC1. The summed E-state index contributed by atoms with van der Waals surface area (Å²) in [6.07, 6.45) is 1.29. The second kappa shape index (κ2) is 6.17. The van der Waals surface area contributed by atoms with Crippen LogP contribution < -0.4 is 0 Å². The van der Waals surface area contributed by atoms with E-state index in [1.807, 2.05) is 0 Å². The summed E-state index contributed by atoms with van der Waals surface area (Å²) in [5.74, 6) is -0.0934. The van der Waals surface area contributed by atoms with E-state index in [2.05, 4.69) is 4.98 Å². The van der Waals surface area contributed by atoms with Crippen molar-refractivity contribution in [2.75, 3.05) is 32.8 Å². The lowest BCUT2D eigenvalue weighted by Gasteiger charge is -2.33. The van der Waals surface area contributed by atoms with Crippen molar-refractivity contribution in [1.82, 2.24) is 14.8 Å². The standard InChI is InChI=1S/C13H17N3O3/c1-2-19-13(18)16-9-7-15(8-10-16)12(17)11-5-3-4-6-14-11/h3-6H,2,7-10H2,1H3. The van der Waals surface area contributed by atoms with E-state index in [9.17, 15) is 9.59 Å². The normalized spacial score (nSPS) is 15.2. The van der Waals surface area contributed by atoms with Gasteiger partial charge in [0.15, 0.2) is 0 Å². The quantitative estimate of drug-likeness (QED) is 0.798. The second-order valence-corrected chi connectivity index (χ2v) is 4.19. The molecule has 6 nitrogen and oxygen atoms in total. The van der Waals surface area contributed by atoms with E-state index in [1.54, 1.807) is 41.1 Å². The number of hydrogen-bond acceptors (Lipinski definition) is 4. The minimum absolute atomic E-state index is 0.0934. The molecule has 1 aromatic rings. The summed E-state index contributed by atoms with van der Waals surface area (Å²) in [5, 5.41) is 0. The maximum Gasteiger partial charge on any atom is 0.409 e. The van der Waals surface area contributed by atoms with E-state index in [0.717, 1.165) is 0 Å². The van der Waals surface area contributed by atoms with Gasteiger partial charge in [0.05, 0.1) is 6.61 Å². The fourth-order valence-corrected chi connectivity index (χ4v) is 1.96. The number of carbonyl (C=O) groups excluding carboxylic acids is 2. The van der Waals surface area contributed by atoms with Crippen LogP contribution in [-0.2, 0) is 4.74 Å². The average molecular weight is 263 g/mol. The number of nitrogens with zero attached hydrogens (tertiary/aromatic N) is 3. The van der Waals surface area contributed by atoms with Crippen molar-refractivity contribution in [3.05, 3.63) is 30.1 Å². The van der Waals surface area contributed by atoms with Gasteiger partial charge in [-0.15, -0.1) is 0 Å². The monoisotopic (exact) mass is 263 g/mol. The van der Waals surface area contributed by atoms with Gasteiger partial charge in [-0.2, -0.15) is 0 Å². The van der Waals surface area contributed by atoms with Gasteiger partial charge in [0.25, 0.3) is 5.91 Å². The fourth-order valence-electron chi connectivity index (χ4n) is 1.96. The van der Waals surface area contributed by atoms with Gasteiger partial charge in [-0.05, 0) is 19.1 Å². The van der Waals surface area contributed by atoms with E-state index in [4.69, 9.17) is 4.74 Å². The highest BCUT2D eigenvalue weighted by Crippen LogP contribution is 2.07. The molecule has 1 aliphatic heterocycles. The van der Waals surface area contributed by atoms with Crippen LogP contribution >= 0.6 is 0 Å². The first-order chi connectivity index (χ1) is 9.22. The number of piperazine rings is 1. The zero-order valence-corrected chi connectivity index (χ0v) is 10.9. The Morgan fingerprint density at radius 2 is 1.89 bits per heavy atom. The van der Waals surface area contributed by atoms with Gasteiger partial charge >= 0.3 is 6.09 Å². The van der Waals surface area contributed by atoms with Crippen LogP contribution in [0.3, 0.4) is 0 Å². The van der Waals surface area contributed by atoms with Crippen LogP contribution in [0.15, 0.2) is 24.4 Å². The maximum atomic E-state index is 12.1. The molecule has 0 N–H and O–H groups in total. The predicted molar refractivity (Wildman–Crippen MR) is 68.7 cm³/mol. The third-order valence-electron chi connectivity index (χ3n) is 2.98. The summed E-state index contributed by atoms with van der Waals surface area (Å²) in [6.45, 7) is 4.15. The van der Waals surface area contributed by atoms with Crippen LogP contribution in [0.25, 0.3) is 0 Å². The number of ether oxygens (including phenoxy) is 1. The van der Waals surface area contributed by atoms with Gasteiger partial charge in [0, 0.05) is 32.4 Å². The first kappa shape index (κ1) is 13.3. The van der Waals surface area contributed by atoms with Crippen LogP contribution in [0.4, 0.5) is 4.79 Å². The van der Waals surface area contributed by atoms with Crippen molar-refractivity contribution in [3.63, 3.8) is 0 Å². The molecule has 102 valence electrons. The highest BCUT2D eigenvalue weighted by molar-refractivity contribution is 5.92. The van der Waals surface area contributed by atoms with Gasteiger partial charge in [0.1, 0.15) is 5.69 Å². The Kier molecular flexibility index (Phi) is 4.33. The molecule has 0 saturated carbocycles. The minimum atomic E-state index is -0.313. The first-order valence-corrected chi connectivity index (χ1v) is 6.34. The van der Waals surface area contributed by atoms with Crippen LogP contribution in [0.2, 0.25) is 0 Å². The fraction of sp³-hybridized carbons (Fsp3) is 0.462. The zero-order valence-electron chi connectivity index (χ0n) is 10.9. The van der Waals surface area contributed by atoms with Crippen molar-refractivity contribution < 1.29 is 14.3 Å². The molecule has 1 fully saturated rings. The third kappa shape index (κ3) is 3.21. The molecule has 0 atom stereocenters. The topological polar surface area (TPSA) is 62.7 Å². The molecule has 1 saturated heterocycles. The van der Waals surface area contributed by atoms with Crippen molar-refractivity contribution in [2.45, 2.75) is 6.92 Å². The number of amides is 2. The number of hydrogen-bond donors (Lipinski definition) is 0. The van der Waals surface area contributed by atoms with E-state index < -0.39 is 0 Å². The van der Waals surface area contributed by atoms with Crippen molar-refractivity contribution >= 4 is 12.0 Å². The summed E-state index contributed by atoms with van der Waals surface area (Å²) in [7, 11) is 0. The molecular formula is C13H17N3O3. The summed E-state index contributed by atoms with van der Waals surface area (Å²) in [4.78, 5) is 31.0.